The van der Waals surface area contributed by atoms with Crippen molar-refractivity contribution in [2.75, 3.05) is 35.3 Å². The van der Waals surface area contributed by atoms with Crippen LogP contribution in [0.4, 0.5) is 21.5 Å². The van der Waals surface area contributed by atoms with Crippen LogP contribution in [-0.4, -0.2) is 32.0 Å². The van der Waals surface area contributed by atoms with Crippen LogP contribution in [0.3, 0.4) is 0 Å². The fourth-order valence-electron chi connectivity index (χ4n) is 3.00. The molecule has 0 fully saturated rings. The Morgan fingerprint density at radius 2 is 1.76 bits per heavy atom. The number of carbonyl (C=O) groups excluding carboxylic acids is 2. The molecule has 0 aromatic heterocycles. The number of rotatable bonds is 2. The average Bonchev–Trinajstić information content (AvgIpc) is 2.74. The van der Waals surface area contributed by atoms with Crippen LogP contribution in [-0.2, 0) is 4.79 Å². The Balaban J connectivity index is 1.91. The zero-order valence-electron chi connectivity index (χ0n) is 14.3. The summed E-state index contributed by atoms with van der Waals surface area (Å²) in [5, 5.41) is 2.68. The molecular weight excluding hydrogens is 321 g/mol. The monoisotopic (exact) mass is 341 g/mol. The number of nitrogens with one attached hydrogen (secondary N) is 1. The van der Waals surface area contributed by atoms with E-state index in [1.54, 1.807) is 35.2 Å². The zero-order valence-corrected chi connectivity index (χ0v) is 14.3. The van der Waals surface area contributed by atoms with Gasteiger partial charge in [0.15, 0.2) is 0 Å². The average molecular weight is 341 g/mol. The molecule has 2 aromatic rings. The van der Waals surface area contributed by atoms with Crippen LogP contribution in [0, 0.1) is 5.82 Å². The largest absolute Gasteiger partial charge is 0.373 e. The lowest BCUT2D eigenvalue weighted by atomic mass is 10.1. The van der Waals surface area contributed by atoms with Gasteiger partial charge in [0, 0.05) is 38.3 Å². The topological polar surface area (TPSA) is 52.7 Å². The highest BCUT2D eigenvalue weighted by atomic mass is 19.1. The lowest BCUT2D eigenvalue weighted by Crippen LogP contribution is -2.31. The fourth-order valence-corrected chi connectivity index (χ4v) is 3.00. The van der Waals surface area contributed by atoms with E-state index in [0.29, 0.717) is 29.2 Å². The molecular formula is C19H20FN3O2. The highest BCUT2D eigenvalue weighted by molar-refractivity contribution is 6.08. The maximum Gasteiger partial charge on any atom is 0.258 e. The number of hydrogen-bond donors (Lipinski definition) is 1. The van der Waals surface area contributed by atoms with Crippen molar-refractivity contribution in [3.05, 3.63) is 53.8 Å². The number of nitrogens with zero attached hydrogens (tertiary/aromatic N) is 2. The van der Waals surface area contributed by atoms with Gasteiger partial charge in [-0.05, 0) is 48.9 Å². The number of anilines is 3. The predicted molar refractivity (Wildman–Crippen MR) is 96.7 cm³/mol. The van der Waals surface area contributed by atoms with Gasteiger partial charge in [-0.3, -0.25) is 9.59 Å². The number of benzene rings is 2. The molecule has 1 aliphatic heterocycles. The Morgan fingerprint density at radius 3 is 2.44 bits per heavy atom. The summed E-state index contributed by atoms with van der Waals surface area (Å²) < 4.78 is 13.6. The van der Waals surface area contributed by atoms with Crippen LogP contribution < -0.4 is 15.1 Å². The van der Waals surface area contributed by atoms with E-state index in [1.807, 2.05) is 11.9 Å². The molecule has 0 saturated carbocycles. The Hall–Kier alpha value is -2.89. The number of carbonyl (C=O) groups is 2. The fraction of sp³-hybridized carbons (Fsp3) is 0.263. The van der Waals surface area contributed by atoms with Crippen LogP contribution in [0.15, 0.2) is 42.5 Å². The molecule has 0 saturated heterocycles. The molecule has 0 aliphatic carbocycles. The highest BCUT2D eigenvalue weighted by Crippen LogP contribution is 2.33. The van der Waals surface area contributed by atoms with Gasteiger partial charge in [0.2, 0.25) is 5.91 Å². The minimum absolute atomic E-state index is 0.141. The molecule has 5 nitrogen and oxygen atoms in total. The van der Waals surface area contributed by atoms with Crippen LogP contribution in [0.1, 0.15) is 23.7 Å². The first-order valence-corrected chi connectivity index (χ1v) is 8.16. The molecule has 0 spiro atoms. The maximum absolute atomic E-state index is 13.6. The lowest BCUT2D eigenvalue weighted by molar-refractivity contribution is -0.114. The Kier molecular flexibility index (Phi) is 4.70. The summed E-state index contributed by atoms with van der Waals surface area (Å²) in [5.41, 5.74) is 2.58. The van der Waals surface area contributed by atoms with Gasteiger partial charge in [0.25, 0.3) is 5.91 Å². The SMILES string of the molecule is CC(=O)Nc1ccc(C(=O)N2CCCN(C)c3cc(F)ccc32)cc1. The minimum atomic E-state index is -0.320. The quantitative estimate of drug-likeness (QED) is 0.912. The molecule has 2 amide bonds. The highest BCUT2D eigenvalue weighted by Gasteiger charge is 2.24. The van der Waals surface area contributed by atoms with Crippen molar-refractivity contribution in [3.63, 3.8) is 0 Å². The Labute approximate surface area is 146 Å². The third-order valence-electron chi connectivity index (χ3n) is 4.21. The number of fused-ring (bicyclic) bond motifs is 1. The summed E-state index contributed by atoms with van der Waals surface area (Å²) in [6.07, 6.45) is 0.794. The van der Waals surface area contributed by atoms with Gasteiger partial charge in [0.05, 0.1) is 11.4 Å². The third kappa shape index (κ3) is 3.63. The van der Waals surface area contributed by atoms with E-state index in [-0.39, 0.29) is 17.6 Å². The van der Waals surface area contributed by atoms with E-state index in [0.717, 1.165) is 13.0 Å². The normalized spacial score (nSPS) is 13.9. The molecule has 0 bridgehead atoms. The number of hydrogen-bond acceptors (Lipinski definition) is 3. The molecule has 1 N–H and O–H groups in total. The first-order valence-electron chi connectivity index (χ1n) is 8.16. The van der Waals surface area contributed by atoms with Gasteiger partial charge >= 0.3 is 0 Å². The van der Waals surface area contributed by atoms with Crippen molar-refractivity contribution in [2.24, 2.45) is 0 Å². The lowest BCUT2D eigenvalue weighted by Gasteiger charge is -2.24. The van der Waals surface area contributed by atoms with Crippen molar-refractivity contribution < 1.29 is 14.0 Å². The number of halogens is 1. The van der Waals surface area contributed by atoms with E-state index in [9.17, 15) is 14.0 Å². The van der Waals surface area contributed by atoms with Crippen LogP contribution in [0.5, 0.6) is 0 Å². The maximum atomic E-state index is 13.6. The molecule has 6 heteroatoms. The summed E-state index contributed by atoms with van der Waals surface area (Å²) in [4.78, 5) is 27.7. The summed E-state index contributed by atoms with van der Waals surface area (Å²) in [6, 6.07) is 11.3. The molecule has 1 heterocycles. The first-order chi connectivity index (χ1) is 12.0. The molecule has 130 valence electrons. The molecule has 1 aliphatic rings. The van der Waals surface area contributed by atoms with Gasteiger partial charge in [-0.2, -0.15) is 0 Å². The van der Waals surface area contributed by atoms with Crippen LogP contribution in [0.25, 0.3) is 0 Å². The summed E-state index contributed by atoms with van der Waals surface area (Å²) in [7, 11) is 1.90. The van der Waals surface area contributed by atoms with Crippen LogP contribution >= 0.6 is 0 Å². The smallest absolute Gasteiger partial charge is 0.258 e. The minimum Gasteiger partial charge on any atom is -0.373 e. The van der Waals surface area contributed by atoms with Crippen molar-refractivity contribution in [3.8, 4) is 0 Å². The first kappa shape index (κ1) is 17.0. The second-order valence-corrected chi connectivity index (χ2v) is 6.12. The van der Waals surface area contributed by atoms with Gasteiger partial charge in [-0.15, -0.1) is 0 Å². The molecule has 0 atom stereocenters. The second-order valence-electron chi connectivity index (χ2n) is 6.12. The van der Waals surface area contributed by atoms with Crippen molar-refractivity contribution in [1.29, 1.82) is 0 Å². The molecule has 3 rings (SSSR count). The zero-order chi connectivity index (χ0) is 18.0. The second kappa shape index (κ2) is 6.93. The summed E-state index contributed by atoms with van der Waals surface area (Å²) in [6.45, 7) is 2.75. The summed E-state index contributed by atoms with van der Waals surface area (Å²) in [5.74, 6) is -0.623. The van der Waals surface area contributed by atoms with Crippen molar-refractivity contribution in [2.45, 2.75) is 13.3 Å². The van der Waals surface area contributed by atoms with Gasteiger partial charge in [-0.1, -0.05) is 0 Å². The van der Waals surface area contributed by atoms with E-state index in [2.05, 4.69) is 5.32 Å². The third-order valence-corrected chi connectivity index (χ3v) is 4.21. The number of amides is 2. The van der Waals surface area contributed by atoms with Crippen molar-refractivity contribution in [1.82, 2.24) is 0 Å². The van der Waals surface area contributed by atoms with E-state index in [1.165, 1.54) is 19.1 Å². The molecule has 25 heavy (non-hydrogen) atoms. The van der Waals surface area contributed by atoms with Gasteiger partial charge in [0.1, 0.15) is 5.82 Å². The molecule has 2 aromatic carbocycles. The van der Waals surface area contributed by atoms with E-state index >= 15 is 0 Å². The molecule has 0 unspecified atom stereocenters. The van der Waals surface area contributed by atoms with E-state index in [4.69, 9.17) is 0 Å². The van der Waals surface area contributed by atoms with Gasteiger partial charge < -0.3 is 15.1 Å². The predicted octanol–water partition coefficient (Wildman–Crippen LogP) is 3.27. The summed E-state index contributed by atoms with van der Waals surface area (Å²) >= 11 is 0. The Bertz CT molecular complexity index is 805. The molecule has 0 radical (unpaired) electrons. The van der Waals surface area contributed by atoms with Gasteiger partial charge in [-0.25, -0.2) is 4.39 Å². The standard InChI is InChI=1S/C19H20FN3O2/c1-13(24)21-16-7-4-14(5-8-16)19(25)23-11-3-10-22(2)18-12-15(20)6-9-17(18)23/h4-9,12H,3,10-11H2,1-2H3,(H,21,24). The van der Waals surface area contributed by atoms with Crippen molar-refractivity contribution >= 4 is 28.9 Å². The Morgan fingerprint density at radius 1 is 1.04 bits per heavy atom. The van der Waals surface area contributed by atoms with Crippen LogP contribution in [0.2, 0.25) is 0 Å². The van der Waals surface area contributed by atoms with E-state index < -0.39 is 0 Å².